The van der Waals surface area contributed by atoms with Crippen molar-refractivity contribution >= 4 is 33.3 Å². The second kappa shape index (κ2) is 4.90. The van der Waals surface area contributed by atoms with Crippen molar-refractivity contribution in [2.75, 3.05) is 32.1 Å². The number of anilines is 1. The van der Waals surface area contributed by atoms with Crippen LogP contribution in [0.3, 0.4) is 0 Å². The van der Waals surface area contributed by atoms with Crippen LogP contribution in [-0.4, -0.2) is 43.1 Å². The molecule has 1 unspecified atom stereocenters. The molecule has 1 fully saturated rings. The van der Waals surface area contributed by atoms with Gasteiger partial charge in [-0.2, -0.15) is 0 Å². The molecule has 0 amide bonds. The fourth-order valence-corrected chi connectivity index (χ4v) is 2.89. The van der Waals surface area contributed by atoms with E-state index < -0.39 is 0 Å². The lowest BCUT2D eigenvalue weighted by molar-refractivity contribution is 0.315. The molecule has 0 spiro atoms. The average Bonchev–Trinajstić information content (AvgIpc) is 2.66. The molecule has 88 valence electrons. The minimum Gasteiger partial charge on any atom is -0.354 e. The SMILES string of the molecule is CN(C)C1CCN(c2ncc(Cl)cc2Br)C1. The van der Waals surface area contributed by atoms with Crippen molar-refractivity contribution < 1.29 is 0 Å². The van der Waals surface area contributed by atoms with Crippen molar-refractivity contribution in [3.8, 4) is 0 Å². The average molecular weight is 305 g/mol. The highest BCUT2D eigenvalue weighted by Crippen LogP contribution is 2.29. The first kappa shape index (κ1) is 12.1. The molecule has 1 aliphatic heterocycles. The van der Waals surface area contributed by atoms with E-state index in [1.165, 1.54) is 6.42 Å². The van der Waals surface area contributed by atoms with Crippen LogP contribution in [-0.2, 0) is 0 Å². The van der Waals surface area contributed by atoms with Crippen LogP contribution in [0.1, 0.15) is 6.42 Å². The first-order chi connectivity index (χ1) is 7.58. The fourth-order valence-electron chi connectivity index (χ4n) is 2.00. The van der Waals surface area contributed by atoms with Gasteiger partial charge in [-0.3, -0.25) is 0 Å². The van der Waals surface area contributed by atoms with E-state index in [4.69, 9.17) is 11.6 Å². The maximum atomic E-state index is 5.88. The van der Waals surface area contributed by atoms with Crippen LogP contribution in [0, 0.1) is 0 Å². The van der Waals surface area contributed by atoms with E-state index in [0.29, 0.717) is 11.1 Å². The van der Waals surface area contributed by atoms with E-state index in [2.05, 4.69) is 44.8 Å². The van der Waals surface area contributed by atoms with Crippen LogP contribution in [0.4, 0.5) is 5.82 Å². The molecular weight excluding hydrogens is 289 g/mol. The van der Waals surface area contributed by atoms with Crippen molar-refractivity contribution in [2.24, 2.45) is 0 Å². The van der Waals surface area contributed by atoms with Gasteiger partial charge in [-0.05, 0) is 42.5 Å². The third kappa shape index (κ3) is 2.50. The molecule has 1 aliphatic rings. The maximum Gasteiger partial charge on any atom is 0.143 e. The normalized spacial score (nSPS) is 20.8. The topological polar surface area (TPSA) is 19.4 Å². The molecule has 2 rings (SSSR count). The zero-order chi connectivity index (χ0) is 11.7. The highest BCUT2D eigenvalue weighted by molar-refractivity contribution is 9.10. The standard InChI is InChI=1S/C11H15BrClN3/c1-15(2)9-3-4-16(7-9)11-10(12)5-8(13)6-14-11/h5-6,9H,3-4,7H2,1-2H3. The smallest absolute Gasteiger partial charge is 0.143 e. The minimum atomic E-state index is 0.615. The first-order valence-corrected chi connectivity index (χ1v) is 6.47. The summed E-state index contributed by atoms with van der Waals surface area (Å²) in [5.74, 6) is 0.994. The molecule has 0 aromatic carbocycles. The summed E-state index contributed by atoms with van der Waals surface area (Å²) in [6, 6.07) is 2.51. The summed E-state index contributed by atoms with van der Waals surface area (Å²) in [7, 11) is 4.25. The summed E-state index contributed by atoms with van der Waals surface area (Å²) in [5, 5.41) is 0.666. The van der Waals surface area contributed by atoms with Gasteiger partial charge < -0.3 is 9.80 Å². The van der Waals surface area contributed by atoms with Crippen LogP contribution in [0.2, 0.25) is 5.02 Å². The summed E-state index contributed by atoms with van der Waals surface area (Å²) in [6.07, 6.45) is 2.88. The van der Waals surface area contributed by atoms with E-state index in [-0.39, 0.29) is 0 Å². The Labute approximate surface area is 110 Å². The highest BCUT2D eigenvalue weighted by Gasteiger charge is 2.25. The molecule has 0 aliphatic carbocycles. The van der Waals surface area contributed by atoms with Crippen LogP contribution < -0.4 is 4.90 Å². The Hall–Kier alpha value is -0.320. The summed E-state index contributed by atoms with van der Waals surface area (Å²) in [6.45, 7) is 2.08. The maximum absolute atomic E-state index is 5.88. The van der Waals surface area contributed by atoms with Crippen molar-refractivity contribution in [1.29, 1.82) is 0 Å². The molecule has 16 heavy (non-hydrogen) atoms. The molecule has 0 saturated carbocycles. The van der Waals surface area contributed by atoms with Gasteiger partial charge in [-0.25, -0.2) is 4.98 Å². The van der Waals surface area contributed by atoms with Gasteiger partial charge in [0.25, 0.3) is 0 Å². The number of aromatic nitrogens is 1. The quantitative estimate of drug-likeness (QED) is 0.837. The number of rotatable bonds is 2. The Balaban J connectivity index is 2.14. The zero-order valence-electron chi connectivity index (χ0n) is 9.45. The molecule has 0 N–H and O–H groups in total. The van der Waals surface area contributed by atoms with Gasteiger partial charge in [0.1, 0.15) is 5.82 Å². The third-order valence-electron chi connectivity index (χ3n) is 2.98. The van der Waals surface area contributed by atoms with Crippen LogP contribution in [0.25, 0.3) is 0 Å². The molecule has 3 nitrogen and oxygen atoms in total. The number of pyridine rings is 1. The van der Waals surface area contributed by atoms with Gasteiger partial charge in [0, 0.05) is 25.3 Å². The molecular formula is C11H15BrClN3. The molecule has 2 heterocycles. The van der Waals surface area contributed by atoms with E-state index in [0.717, 1.165) is 23.4 Å². The molecule has 1 aromatic heterocycles. The number of hydrogen-bond acceptors (Lipinski definition) is 3. The van der Waals surface area contributed by atoms with Crippen molar-refractivity contribution in [3.05, 3.63) is 21.8 Å². The first-order valence-electron chi connectivity index (χ1n) is 5.30. The van der Waals surface area contributed by atoms with E-state index >= 15 is 0 Å². The number of nitrogens with zero attached hydrogens (tertiary/aromatic N) is 3. The molecule has 1 saturated heterocycles. The van der Waals surface area contributed by atoms with E-state index in [1.807, 2.05) is 6.07 Å². The summed E-state index contributed by atoms with van der Waals surface area (Å²) >= 11 is 9.40. The second-order valence-electron chi connectivity index (χ2n) is 4.31. The summed E-state index contributed by atoms with van der Waals surface area (Å²) in [5.41, 5.74) is 0. The second-order valence-corrected chi connectivity index (χ2v) is 5.60. The lowest BCUT2D eigenvalue weighted by atomic mass is 10.2. The van der Waals surface area contributed by atoms with Gasteiger partial charge in [0.05, 0.1) is 9.50 Å². The monoisotopic (exact) mass is 303 g/mol. The van der Waals surface area contributed by atoms with Gasteiger partial charge in [0.15, 0.2) is 0 Å². The molecule has 5 heteroatoms. The Morgan fingerprint density at radius 2 is 2.31 bits per heavy atom. The van der Waals surface area contributed by atoms with Gasteiger partial charge in [0.2, 0.25) is 0 Å². The Kier molecular flexibility index (Phi) is 3.72. The predicted octanol–water partition coefficient (Wildman–Crippen LogP) is 2.64. The highest BCUT2D eigenvalue weighted by atomic mass is 79.9. The van der Waals surface area contributed by atoms with Crippen molar-refractivity contribution in [2.45, 2.75) is 12.5 Å². The van der Waals surface area contributed by atoms with Gasteiger partial charge in [-0.15, -0.1) is 0 Å². The molecule has 0 radical (unpaired) electrons. The van der Waals surface area contributed by atoms with Gasteiger partial charge >= 0.3 is 0 Å². The minimum absolute atomic E-state index is 0.615. The summed E-state index contributed by atoms with van der Waals surface area (Å²) in [4.78, 5) is 8.95. The van der Waals surface area contributed by atoms with Crippen molar-refractivity contribution in [3.63, 3.8) is 0 Å². The number of likely N-dealkylation sites (N-methyl/N-ethyl adjacent to an activating group) is 1. The number of halogens is 2. The third-order valence-corrected chi connectivity index (χ3v) is 3.77. The van der Waals surface area contributed by atoms with Crippen molar-refractivity contribution in [1.82, 2.24) is 9.88 Å². The van der Waals surface area contributed by atoms with Crippen LogP contribution in [0.15, 0.2) is 16.7 Å². The number of hydrogen-bond donors (Lipinski definition) is 0. The fraction of sp³-hybridized carbons (Fsp3) is 0.545. The Morgan fingerprint density at radius 1 is 1.56 bits per heavy atom. The predicted molar refractivity (Wildman–Crippen MR) is 71.3 cm³/mol. The largest absolute Gasteiger partial charge is 0.354 e. The van der Waals surface area contributed by atoms with Gasteiger partial charge in [-0.1, -0.05) is 11.6 Å². The lowest BCUT2D eigenvalue weighted by Gasteiger charge is -2.21. The molecule has 1 atom stereocenters. The Morgan fingerprint density at radius 3 is 2.88 bits per heavy atom. The zero-order valence-corrected chi connectivity index (χ0v) is 11.8. The van der Waals surface area contributed by atoms with Crippen LogP contribution in [0.5, 0.6) is 0 Å². The molecule has 1 aromatic rings. The van der Waals surface area contributed by atoms with Crippen LogP contribution >= 0.6 is 27.5 Å². The summed E-state index contributed by atoms with van der Waals surface area (Å²) < 4.78 is 0.972. The lowest BCUT2D eigenvalue weighted by Crippen LogP contribution is -2.31. The Bertz CT molecular complexity index is 383. The molecule has 0 bridgehead atoms. The van der Waals surface area contributed by atoms with E-state index in [9.17, 15) is 0 Å². The van der Waals surface area contributed by atoms with E-state index in [1.54, 1.807) is 6.20 Å².